The van der Waals surface area contributed by atoms with Crippen LogP contribution in [0.2, 0.25) is 0 Å². The second-order valence-electron chi connectivity index (χ2n) is 7.31. The molecule has 6 heteroatoms. The van der Waals surface area contributed by atoms with Crippen molar-refractivity contribution >= 4 is 38.5 Å². The largest absolute Gasteiger partial charge is 0.334 e. The van der Waals surface area contributed by atoms with Gasteiger partial charge in [-0.3, -0.25) is 9.59 Å². The summed E-state index contributed by atoms with van der Waals surface area (Å²) in [5.41, 5.74) is 3.09. The summed E-state index contributed by atoms with van der Waals surface area (Å²) in [4.78, 5) is 32.8. The molecule has 30 heavy (non-hydrogen) atoms. The number of hydrogen-bond donors (Lipinski definition) is 1. The zero-order valence-electron chi connectivity index (χ0n) is 16.3. The third-order valence-electron chi connectivity index (χ3n) is 5.53. The van der Waals surface area contributed by atoms with Crippen molar-refractivity contribution in [3.63, 3.8) is 0 Å². The van der Waals surface area contributed by atoms with Gasteiger partial charge in [0.15, 0.2) is 5.13 Å². The number of thiazole rings is 1. The molecule has 148 valence electrons. The van der Waals surface area contributed by atoms with Crippen LogP contribution < -0.4 is 5.32 Å². The summed E-state index contributed by atoms with van der Waals surface area (Å²) >= 11 is 1.45. The quantitative estimate of drug-likeness (QED) is 0.522. The maximum atomic E-state index is 13.6. The molecule has 1 N–H and O–H groups in total. The van der Waals surface area contributed by atoms with Crippen LogP contribution in [0.1, 0.15) is 33.4 Å². The van der Waals surface area contributed by atoms with Gasteiger partial charge in [0, 0.05) is 12.6 Å². The summed E-state index contributed by atoms with van der Waals surface area (Å²) in [5, 5.41) is 3.57. The number of aromatic nitrogens is 1. The SMILES string of the molecule is CN1C(=O)c2ccccc2[C@@H](C(=O)Nc2nc3ccccc3s2)[C@H]1c1ccccc1. The van der Waals surface area contributed by atoms with Gasteiger partial charge in [-0.05, 0) is 29.3 Å². The molecule has 0 saturated carbocycles. The number of carbonyl (C=O) groups excluding carboxylic acids is 2. The molecule has 1 aliphatic heterocycles. The number of nitrogens with one attached hydrogen (secondary N) is 1. The Morgan fingerprint density at radius 3 is 2.47 bits per heavy atom. The number of para-hydroxylation sites is 1. The molecule has 5 nitrogen and oxygen atoms in total. The fourth-order valence-electron chi connectivity index (χ4n) is 4.13. The van der Waals surface area contributed by atoms with E-state index in [1.54, 1.807) is 18.0 Å². The number of anilines is 1. The Morgan fingerprint density at radius 2 is 1.67 bits per heavy atom. The Morgan fingerprint density at radius 1 is 0.967 bits per heavy atom. The van der Waals surface area contributed by atoms with Crippen molar-refractivity contribution in [2.75, 3.05) is 12.4 Å². The van der Waals surface area contributed by atoms with Gasteiger partial charge in [0.1, 0.15) is 0 Å². The molecule has 2 atom stereocenters. The van der Waals surface area contributed by atoms with E-state index in [9.17, 15) is 9.59 Å². The topological polar surface area (TPSA) is 62.3 Å². The number of benzene rings is 3. The van der Waals surface area contributed by atoms with Crippen molar-refractivity contribution in [3.8, 4) is 0 Å². The molecule has 0 unspecified atom stereocenters. The van der Waals surface area contributed by atoms with E-state index in [-0.39, 0.29) is 11.8 Å². The van der Waals surface area contributed by atoms with E-state index < -0.39 is 12.0 Å². The fourth-order valence-corrected chi connectivity index (χ4v) is 5.00. The number of hydrogen-bond acceptors (Lipinski definition) is 4. The van der Waals surface area contributed by atoms with Gasteiger partial charge in [-0.2, -0.15) is 0 Å². The molecule has 1 aliphatic rings. The molecule has 4 aromatic rings. The van der Waals surface area contributed by atoms with Crippen molar-refractivity contribution in [3.05, 3.63) is 95.6 Å². The maximum Gasteiger partial charge on any atom is 0.254 e. The van der Waals surface area contributed by atoms with Gasteiger partial charge in [0.05, 0.1) is 22.2 Å². The van der Waals surface area contributed by atoms with E-state index >= 15 is 0 Å². The van der Waals surface area contributed by atoms with E-state index in [1.165, 1.54) is 11.3 Å². The van der Waals surface area contributed by atoms with Crippen molar-refractivity contribution in [2.24, 2.45) is 0 Å². The first-order valence-electron chi connectivity index (χ1n) is 9.71. The highest BCUT2D eigenvalue weighted by Crippen LogP contribution is 2.42. The van der Waals surface area contributed by atoms with E-state index in [4.69, 9.17) is 0 Å². The van der Waals surface area contributed by atoms with Gasteiger partial charge in [-0.25, -0.2) is 4.98 Å². The van der Waals surface area contributed by atoms with Crippen LogP contribution in [0.5, 0.6) is 0 Å². The highest BCUT2D eigenvalue weighted by Gasteiger charge is 2.42. The fraction of sp³-hybridized carbons (Fsp3) is 0.125. The third-order valence-corrected chi connectivity index (χ3v) is 6.48. The van der Waals surface area contributed by atoms with Crippen LogP contribution >= 0.6 is 11.3 Å². The van der Waals surface area contributed by atoms with Gasteiger partial charge in [0.2, 0.25) is 5.91 Å². The number of nitrogens with zero attached hydrogens (tertiary/aromatic N) is 2. The number of amides is 2. The predicted molar refractivity (Wildman–Crippen MR) is 119 cm³/mol. The summed E-state index contributed by atoms with van der Waals surface area (Å²) in [6.07, 6.45) is 0. The minimum absolute atomic E-state index is 0.0801. The summed E-state index contributed by atoms with van der Waals surface area (Å²) in [5.74, 6) is -0.795. The molecule has 2 heterocycles. The van der Waals surface area contributed by atoms with Crippen molar-refractivity contribution in [1.82, 2.24) is 9.88 Å². The zero-order chi connectivity index (χ0) is 20.7. The normalized spacial score (nSPS) is 18.3. The first-order chi connectivity index (χ1) is 14.6. The van der Waals surface area contributed by atoms with E-state index in [2.05, 4.69) is 10.3 Å². The molecule has 0 radical (unpaired) electrons. The average molecular weight is 414 g/mol. The lowest BCUT2D eigenvalue weighted by atomic mass is 9.79. The summed E-state index contributed by atoms with van der Waals surface area (Å²) < 4.78 is 1.02. The minimum Gasteiger partial charge on any atom is -0.334 e. The number of likely N-dealkylation sites (N-methyl/N-ethyl adjacent to an activating group) is 1. The number of rotatable bonds is 3. The average Bonchev–Trinajstić information content (AvgIpc) is 3.18. The molecule has 0 saturated heterocycles. The molecule has 0 spiro atoms. The lowest BCUT2D eigenvalue weighted by Crippen LogP contribution is -2.44. The lowest BCUT2D eigenvalue weighted by Gasteiger charge is -2.39. The Labute approximate surface area is 178 Å². The van der Waals surface area contributed by atoms with Gasteiger partial charge < -0.3 is 10.2 Å². The first kappa shape index (κ1) is 18.5. The third kappa shape index (κ3) is 3.06. The Balaban J connectivity index is 1.59. The Hall–Kier alpha value is -3.51. The highest BCUT2D eigenvalue weighted by molar-refractivity contribution is 7.22. The summed E-state index contributed by atoms with van der Waals surface area (Å²) in [7, 11) is 1.76. The second-order valence-corrected chi connectivity index (χ2v) is 8.34. The van der Waals surface area contributed by atoms with Crippen LogP contribution in [-0.2, 0) is 4.79 Å². The van der Waals surface area contributed by atoms with Crippen molar-refractivity contribution < 1.29 is 9.59 Å². The van der Waals surface area contributed by atoms with Crippen LogP contribution in [0.25, 0.3) is 10.2 Å². The number of fused-ring (bicyclic) bond motifs is 2. The molecule has 1 aromatic heterocycles. The van der Waals surface area contributed by atoms with E-state index in [0.717, 1.165) is 21.3 Å². The molecule has 3 aromatic carbocycles. The molecule has 0 bridgehead atoms. The van der Waals surface area contributed by atoms with Crippen LogP contribution in [-0.4, -0.2) is 28.7 Å². The van der Waals surface area contributed by atoms with E-state index in [0.29, 0.717) is 10.7 Å². The number of carbonyl (C=O) groups is 2. The second kappa shape index (κ2) is 7.39. The zero-order valence-corrected chi connectivity index (χ0v) is 17.1. The van der Waals surface area contributed by atoms with Crippen molar-refractivity contribution in [2.45, 2.75) is 12.0 Å². The van der Waals surface area contributed by atoms with Gasteiger partial charge in [-0.1, -0.05) is 72.0 Å². The summed E-state index contributed by atoms with van der Waals surface area (Å²) in [6, 6.07) is 24.5. The molecule has 2 amide bonds. The monoisotopic (exact) mass is 413 g/mol. The van der Waals surface area contributed by atoms with E-state index in [1.807, 2.05) is 72.8 Å². The smallest absolute Gasteiger partial charge is 0.254 e. The standard InChI is InChI=1S/C24H19N3O2S/c1-27-21(15-9-3-2-4-10-15)20(16-11-5-6-12-17(16)23(27)29)22(28)26-24-25-18-13-7-8-14-19(18)30-24/h2-14,20-21H,1H3,(H,25,26,28)/t20-,21-/m1/s1. The predicted octanol–water partition coefficient (Wildman–Crippen LogP) is 4.85. The lowest BCUT2D eigenvalue weighted by molar-refractivity contribution is -0.119. The first-order valence-corrected chi connectivity index (χ1v) is 10.5. The van der Waals surface area contributed by atoms with Gasteiger partial charge >= 0.3 is 0 Å². The van der Waals surface area contributed by atoms with Crippen LogP contribution in [0.3, 0.4) is 0 Å². The summed E-state index contributed by atoms with van der Waals surface area (Å²) in [6.45, 7) is 0. The molecule has 0 fully saturated rings. The van der Waals surface area contributed by atoms with Crippen LogP contribution in [0.15, 0.2) is 78.9 Å². The van der Waals surface area contributed by atoms with Gasteiger partial charge in [-0.15, -0.1) is 0 Å². The van der Waals surface area contributed by atoms with Crippen LogP contribution in [0, 0.1) is 0 Å². The Kier molecular flexibility index (Phi) is 4.56. The van der Waals surface area contributed by atoms with Crippen LogP contribution in [0.4, 0.5) is 5.13 Å². The van der Waals surface area contributed by atoms with Crippen molar-refractivity contribution in [1.29, 1.82) is 0 Å². The molecular formula is C24H19N3O2S. The molecule has 5 rings (SSSR count). The highest BCUT2D eigenvalue weighted by atomic mass is 32.1. The Bertz CT molecular complexity index is 1220. The van der Waals surface area contributed by atoms with Gasteiger partial charge in [0.25, 0.3) is 5.91 Å². The molecule has 0 aliphatic carbocycles. The maximum absolute atomic E-state index is 13.6. The molecular weight excluding hydrogens is 394 g/mol. The minimum atomic E-state index is -0.543.